The van der Waals surface area contributed by atoms with Gasteiger partial charge in [-0.2, -0.15) is 0 Å². The molecule has 21 heavy (non-hydrogen) atoms. The van der Waals surface area contributed by atoms with Crippen LogP contribution in [0.5, 0.6) is 0 Å². The van der Waals surface area contributed by atoms with E-state index in [9.17, 15) is 0 Å². The molecule has 3 heteroatoms. The van der Waals surface area contributed by atoms with Gasteiger partial charge in [-0.1, -0.05) is 52.7 Å². The standard InChI is InChI=1S/C18H21BrClN/c1-4-8-21-18(14-6-5-7-15(19)11-14)16-9-13(3)17(20)10-12(16)2/h5-7,9-11,18,21H,4,8H2,1-3H3. The van der Waals surface area contributed by atoms with Crippen LogP contribution in [0.25, 0.3) is 0 Å². The molecule has 2 aromatic rings. The van der Waals surface area contributed by atoms with Crippen molar-refractivity contribution in [3.63, 3.8) is 0 Å². The Labute approximate surface area is 140 Å². The molecule has 2 rings (SSSR count). The van der Waals surface area contributed by atoms with Crippen molar-refractivity contribution in [1.29, 1.82) is 0 Å². The number of rotatable bonds is 5. The average molecular weight is 367 g/mol. The summed E-state index contributed by atoms with van der Waals surface area (Å²) in [5.41, 5.74) is 4.90. The van der Waals surface area contributed by atoms with E-state index in [1.54, 1.807) is 0 Å². The van der Waals surface area contributed by atoms with E-state index in [0.29, 0.717) is 0 Å². The number of nitrogens with one attached hydrogen (secondary N) is 1. The highest BCUT2D eigenvalue weighted by Crippen LogP contribution is 2.30. The summed E-state index contributed by atoms with van der Waals surface area (Å²) in [5.74, 6) is 0. The van der Waals surface area contributed by atoms with Gasteiger partial charge in [-0.3, -0.25) is 0 Å². The maximum atomic E-state index is 6.24. The van der Waals surface area contributed by atoms with E-state index in [1.807, 2.05) is 0 Å². The maximum Gasteiger partial charge on any atom is 0.0579 e. The maximum absolute atomic E-state index is 6.24. The third kappa shape index (κ3) is 4.09. The van der Waals surface area contributed by atoms with Crippen molar-refractivity contribution in [1.82, 2.24) is 5.32 Å². The molecule has 0 aliphatic rings. The molecule has 0 radical (unpaired) electrons. The first-order valence-corrected chi connectivity index (χ1v) is 8.45. The second-order valence-electron chi connectivity index (χ2n) is 5.40. The zero-order chi connectivity index (χ0) is 15.4. The van der Waals surface area contributed by atoms with Crippen LogP contribution in [0.1, 0.15) is 41.6 Å². The van der Waals surface area contributed by atoms with E-state index in [-0.39, 0.29) is 6.04 Å². The van der Waals surface area contributed by atoms with Gasteiger partial charge < -0.3 is 5.32 Å². The van der Waals surface area contributed by atoms with Crippen LogP contribution in [0.15, 0.2) is 40.9 Å². The largest absolute Gasteiger partial charge is 0.306 e. The number of benzene rings is 2. The summed E-state index contributed by atoms with van der Waals surface area (Å²) in [4.78, 5) is 0. The predicted molar refractivity (Wildman–Crippen MR) is 95.2 cm³/mol. The minimum absolute atomic E-state index is 0.193. The van der Waals surface area contributed by atoms with Crippen molar-refractivity contribution in [2.75, 3.05) is 6.54 Å². The van der Waals surface area contributed by atoms with Crippen molar-refractivity contribution in [2.24, 2.45) is 0 Å². The van der Waals surface area contributed by atoms with Crippen LogP contribution in [0.3, 0.4) is 0 Å². The molecule has 0 spiro atoms. The fourth-order valence-corrected chi connectivity index (χ4v) is 3.13. The van der Waals surface area contributed by atoms with Gasteiger partial charge in [0, 0.05) is 9.50 Å². The highest BCUT2D eigenvalue weighted by Gasteiger charge is 2.17. The number of aryl methyl sites for hydroxylation is 2. The van der Waals surface area contributed by atoms with Crippen LogP contribution in [0.2, 0.25) is 5.02 Å². The van der Waals surface area contributed by atoms with E-state index in [0.717, 1.165) is 28.0 Å². The molecule has 1 unspecified atom stereocenters. The van der Waals surface area contributed by atoms with Crippen LogP contribution < -0.4 is 5.32 Å². The first-order chi connectivity index (χ1) is 10.0. The van der Waals surface area contributed by atoms with Gasteiger partial charge in [0.2, 0.25) is 0 Å². The Bertz CT molecular complexity index is 625. The molecule has 0 heterocycles. The van der Waals surface area contributed by atoms with Crippen molar-refractivity contribution in [3.05, 3.63) is 68.1 Å². The second-order valence-corrected chi connectivity index (χ2v) is 6.72. The molecule has 1 atom stereocenters. The Balaban J connectivity index is 2.47. The first-order valence-electron chi connectivity index (χ1n) is 7.28. The quantitative estimate of drug-likeness (QED) is 0.704. The lowest BCUT2D eigenvalue weighted by molar-refractivity contribution is 0.596. The summed E-state index contributed by atoms with van der Waals surface area (Å²) in [6.45, 7) is 7.35. The molecule has 1 nitrogen and oxygen atoms in total. The minimum atomic E-state index is 0.193. The monoisotopic (exact) mass is 365 g/mol. The van der Waals surface area contributed by atoms with Gasteiger partial charge in [0.1, 0.15) is 0 Å². The van der Waals surface area contributed by atoms with Crippen molar-refractivity contribution in [3.8, 4) is 0 Å². The molecule has 0 amide bonds. The lowest BCUT2D eigenvalue weighted by atomic mass is 9.93. The van der Waals surface area contributed by atoms with Crippen LogP contribution in [-0.4, -0.2) is 6.54 Å². The Morgan fingerprint density at radius 1 is 1.14 bits per heavy atom. The molecule has 0 fully saturated rings. The van der Waals surface area contributed by atoms with Crippen molar-refractivity contribution in [2.45, 2.75) is 33.2 Å². The minimum Gasteiger partial charge on any atom is -0.306 e. The van der Waals surface area contributed by atoms with Gasteiger partial charge in [-0.25, -0.2) is 0 Å². The highest BCUT2D eigenvalue weighted by molar-refractivity contribution is 9.10. The van der Waals surface area contributed by atoms with Crippen LogP contribution in [-0.2, 0) is 0 Å². The van der Waals surface area contributed by atoms with E-state index in [4.69, 9.17) is 11.6 Å². The van der Waals surface area contributed by atoms with Gasteiger partial charge >= 0.3 is 0 Å². The summed E-state index contributed by atoms with van der Waals surface area (Å²) < 4.78 is 1.10. The zero-order valence-electron chi connectivity index (χ0n) is 12.7. The Morgan fingerprint density at radius 3 is 2.57 bits per heavy atom. The molecule has 1 N–H and O–H groups in total. The van der Waals surface area contributed by atoms with Crippen molar-refractivity contribution >= 4 is 27.5 Å². The van der Waals surface area contributed by atoms with Crippen LogP contribution in [0, 0.1) is 13.8 Å². The SMILES string of the molecule is CCCNC(c1cccc(Br)c1)c1cc(C)c(Cl)cc1C. The molecule has 0 bridgehead atoms. The fourth-order valence-electron chi connectivity index (χ4n) is 2.50. The molecule has 112 valence electrons. The number of halogens is 2. The molecule has 0 aliphatic carbocycles. The third-order valence-electron chi connectivity index (χ3n) is 3.64. The van der Waals surface area contributed by atoms with Crippen LogP contribution >= 0.6 is 27.5 Å². The smallest absolute Gasteiger partial charge is 0.0579 e. The molecule has 0 saturated heterocycles. The predicted octanol–water partition coefficient (Wildman–Crippen LogP) is 5.81. The van der Waals surface area contributed by atoms with E-state index >= 15 is 0 Å². The lowest BCUT2D eigenvalue weighted by Gasteiger charge is -2.22. The van der Waals surface area contributed by atoms with E-state index in [1.165, 1.54) is 16.7 Å². The highest BCUT2D eigenvalue weighted by atomic mass is 79.9. The fraction of sp³-hybridized carbons (Fsp3) is 0.333. The zero-order valence-corrected chi connectivity index (χ0v) is 15.1. The summed E-state index contributed by atoms with van der Waals surface area (Å²) in [6, 6.07) is 12.9. The number of hydrogen-bond acceptors (Lipinski definition) is 1. The topological polar surface area (TPSA) is 12.0 Å². The molecule has 0 aromatic heterocycles. The second kappa shape index (κ2) is 7.44. The van der Waals surface area contributed by atoms with Gasteiger partial charge in [-0.15, -0.1) is 0 Å². The lowest BCUT2D eigenvalue weighted by Crippen LogP contribution is -2.24. The van der Waals surface area contributed by atoms with Gasteiger partial charge in [0.15, 0.2) is 0 Å². The Morgan fingerprint density at radius 2 is 1.90 bits per heavy atom. The van der Waals surface area contributed by atoms with Gasteiger partial charge in [-0.05, 0) is 67.3 Å². The van der Waals surface area contributed by atoms with Gasteiger partial charge in [0.05, 0.1) is 6.04 Å². The first kappa shape index (κ1) is 16.5. The van der Waals surface area contributed by atoms with E-state index in [2.05, 4.69) is 78.4 Å². The summed E-state index contributed by atoms with van der Waals surface area (Å²) in [7, 11) is 0. The molecule has 0 aliphatic heterocycles. The normalized spacial score (nSPS) is 12.4. The number of hydrogen-bond donors (Lipinski definition) is 1. The molecular formula is C18H21BrClN. The Kier molecular flexibility index (Phi) is 5.86. The molecule has 2 aromatic carbocycles. The molecular weight excluding hydrogens is 346 g/mol. The summed E-state index contributed by atoms with van der Waals surface area (Å²) >= 11 is 9.81. The summed E-state index contributed by atoms with van der Waals surface area (Å²) in [5, 5.41) is 4.49. The third-order valence-corrected chi connectivity index (χ3v) is 4.54. The van der Waals surface area contributed by atoms with Crippen LogP contribution in [0.4, 0.5) is 0 Å². The Hall–Kier alpha value is -0.830. The molecule has 0 saturated carbocycles. The summed E-state index contributed by atoms with van der Waals surface area (Å²) in [6.07, 6.45) is 1.11. The van der Waals surface area contributed by atoms with Crippen molar-refractivity contribution < 1.29 is 0 Å². The van der Waals surface area contributed by atoms with Gasteiger partial charge in [0.25, 0.3) is 0 Å². The van der Waals surface area contributed by atoms with E-state index < -0.39 is 0 Å². The average Bonchev–Trinajstić information content (AvgIpc) is 2.44.